The molecule has 1 aromatic carbocycles. The Morgan fingerprint density at radius 1 is 1.42 bits per heavy atom. The predicted octanol–water partition coefficient (Wildman–Crippen LogP) is 3.24. The molecule has 0 fully saturated rings. The van der Waals surface area contributed by atoms with E-state index in [4.69, 9.17) is 11.6 Å². The highest BCUT2D eigenvalue weighted by Gasteiger charge is 1.85. The van der Waals surface area contributed by atoms with Crippen LogP contribution in [0.4, 0.5) is 5.69 Å². The van der Waals surface area contributed by atoms with E-state index in [1.54, 1.807) is 0 Å². The van der Waals surface area contributed by atoms with E-state index in [-0.39, 0.29) is 0 Å². The third kappa shape index (κ3) is 3.44. The third-order valence-corrected chi connectivity index (χ3v) is 1.62. The highest BCUT2D eigenvalue weighted by molar-refractivity contribution is 6.29. The molecule has 1 nitrogen and oxygen atoms in total. The van der Waals surface area contributed by atoms with Gasteiger partial charge in [0, 0.05) is 17.3 Å². The molecular formula is C10H12ClN. The Labute approximate surface area is 78.1 Å². The van der Waals surface area contributed by atoms with Crippen molar-refractivity contribution in [2.75, 3.05) is 11.9 Å². The van der Waals surface area contributed by atoms with Gasteiger partial charge in [-0.1, -0.05) is 35.9 Å². The van der Waals surface area contributed by atoms with Gasteiger partial charge in [-0.25, -0.2) is 0 Å². The summed E-state index contributed by atoms with van der Waals surface area (Å²) in [4.78, 5) is 0. The van der Waals surface area contributed by atoms with Crippen LogP contribution in [0.3, 0.4) is 0 Å². The minimum absolute atomic E-state index is 0.777. The number of allylic oxidation sites excluding steroid dienone is 1. The fraction of sp³-hybridized carbons (Fsp3) is 0.200. The number of nitrogens with one attached hydrogen (secondary N) is 1. The van der Waals surface area contributed by atoms with Gasteiger partial charge in [-0.15, -0.1) is 0 Å². The monoisotopic (exact) mass is 181 g/mol. The van der Waals surface area contributed by atoms with E-state index in [0.717, 1.165) is 17.3 Å². The summed E-state index contributed by atoms with van der Waals surface area (Å²) in [7, 11) is 0. The molecule has 0 aliphatic rings. The lowest BCUT2D eigenvalue weighted by Gasteiger charge is -2.01. The number of para-hydroxylation sites is 1. The SMILES string of the molecule is CC(Cl)=CCNc1ccccc1. The van der Waals surface area contributed by atoms with E-state index in [2.05, 4.69) is 5.32 Å². The molecule has 0 saturated heterocycles. The normalized spacial score (nSPS) is 11.3. The van der Waals surface area contributed by atoms with Gasteiger partial charge in [0.05, 0.1) is 0 Å². The molecule has 64 valence electrons. The Bertz CT molecular complexity index is 250. The number of rotatable bonds is 3. The van der Waals surface area contributed by atoms with Gasteiger partial charge in [0.25, 0.3) is 0 Å². The fourth-order valence-electron chi connectivity index (χ4n) is 0.866. The molecule has 0 aliphatic carbocycles. The first kappa shape index (κ1) is 9.14. The summed E-state index contributed by atoms with van der Waals surface area (Å²) in [5.74, 6) is 0. The summed E-state index contributed by atoms with van der Waals surface area (Å²) in [6.07, 6.45) is 1.94. The molecule has 0 atom stereocenters. The van der Waals surface area contributed by atoms with Crippen LogP contribution in [0.15, 0.2) is 41.4 Å². The molecule has 0 spiro atoms. The van der Waals surface area contributed by atoms with E-state index in [1.807, 2.05) is 43.3 Å². The minimum Gasteiger partial charge on any atom is -0.382 e. The smallest absolute Gasteiger partial charge is 0.0344 e. The average molecular weight is 182 g/mol. The Kier molecular flexibility index (Phi) is 3.68. The van der Waals surface area contributed by atoms with Gasteiger partial charge in [0.1, 0.15) is 0 Å². The van der Waals surface area contributed by atoms with E-state index < -0.39 is 0 Å². The number of benzene rings is 1. The van der Waals surface area contributed by atoms with E-state index in [9.17, 15) is 0 Å². The topological polar surface area (TPSA) is 12.0 Å². The van der Waals surface area contributed by atoms with Crippen LogP contribution in [-0.4, -0.2) is 6.54 Å². The number of hydrogen-bond acceptors (Lipinski definition) is 1. The standard InChI is InChI=1S/C10H12ClN/c1-9(11)7-8-12-10-5-3-2-4-6-10/h2-7,12H,8H2,1H3. The summed E-state index contributed by atoms with van der Waals surface area (Å²) in [6.45, 7) is 2.65. The molecule has 0 bridgehead atoms. The third-order valence-electron chi connectivity index (χ3n) is 1.46. The van der Waals surface area contributed by atoms with Crippen molar-refractivity contribution in [3.05, 3.63) is 41.4 Å². The maximum atomic E-state index is 5.67. The molecule has 0 aromatic heterocycles. The zero-order chi connectivity index (χ0) is 8.81. The summed E-state index contributed by atoms with van der Waals surface area (Å²) >= 11 is 5.67. The highest BCUT2D eigenvalue weighted by Crippen LogP contribution is 2.05. The van der Waals surface area contributed by atoms with Crippen LogP contribution >= 0.6 is 11.6 Å². The predicted molar refractivity (Wildman–Crippen MR) is 54.5 cm³/mol. The molecule has 0 radical (unpaired) electrons. The summed E-state index contributed by atoms with van der Waals surface area (Å²) in [5.41, 5.74) is 1.12. The van der Waals surface area contributed by atoms with Crippen molar-refractivity contribution >= 4 is 17.3 Å². The maximum absolute atomic E-state index is 5.67. The maximum Gasteiger partial charge on any atom is 0.0344 e. The van der Waals surface area contributed by atoms with E-state index in [1.165, 1.54) is 0 Å². The summed E-state index contributed by atoms with van der Waals surface area (Å²) in [5, 5.41) is 4.03. The zero-order valence-corrected chi connectivity index (χ0v) is 7.81. The highest BCUT2D eigenvalue weighted by atomic mass is 35.5. The summed E-state index contributed by atoms with van der Waals surface area (Å²) < 4.78 is 0. The molecule has 12 heavy (non-hydrogen) atoms. The van der Waals surface area contributed by atoms with Crippen molar-refractivity contribution in [1.82, 2.24) is 0 Å². The van der Waals surface area contributed by atoms with Crippen LogP contribution in [0.1, 0.15) is 6.92 Å². The van der Waals surface area contributed by atoms with Crippen molar-refractivity contribution < 1.29 is 0 Å². The van der Waals surface area contributed by atoms with Gasteiger partial charge < -0.3 is 5.32 Å². The quantitative estimate of drug-likeness (QED) is 0.755. The van der Waals surface area contributed by atoms with Crippen molar-refractivity contribution in [2.45, 2.75) is 6.92 Å². The van der Waals surface area contributed by atoms with Crippen molar-refractivity contribution in [3.63, 3.8) is 0 Å². The first-order valence-corrected chi connectivity index (χ1v) is 4.28. The Morgan fingerprint density at radius 2 is 2.08 bits per heavy atom. The lowest BCUT2D eigenvalue weighted by atomic mass is 10.3. The van der Waals surface area contributed by atoms with Crippen molar-refractivity contribution in [2.24, 2.45) is 0 Å². The average Bonchev–Trinajstić information content (AvgIpc) is 2.05. The Morgan fingerprint density at radius 3 is 2.67 bits per heavy atom. The van der Waals surface area contributed by atoms with Gasteiger partial charge in [0.2, 0.25) is 0 Å². The second-order valence-electron chi connectivity index (χ2n) is 2.54. The molecule has 0 amide bonds. The molecule has 0 saturated carbocycles. The lowest BCUT2D eigenvalue weighted by molar-refractivity contribution is 1.32. The second-order valence-corrected chi connectivity index (χ2v) is 3.13. The zero-order valence-electron chi connectivity index (χ0n) is 7.05. The lowest BCUT2D eigenvalue weighted by Crippen LogP contribution is -1.97. The van der Waals surface area contributed by atoms with Gasteiger partial charge in [-0.2, -0.15) is 0 Å². The second kappa shape index (κ2) is 4.83. The molecule has 0 unspecified atom stereocenters. The molecule has 2 heteroatoms. The van der Waals surface area contributed by atoms with Crippen LogP contribution in [-0.2, 0) is 0 Å². The Balaban J connectivity index is 2.39. The van der Waals surface area contributed by atoms with Gasteiger partial charge in [0.15, 0.2) is 0 Å². The van der Waals surface area contributed by atoms with Crippen LogP contribution in [0.2, 0.25) is 0 Å². The molecule has 0 heterocycles. The van der Waals surface area contributed by atoms with Crippen LogP contribution in [0, 0.1) is 0 Å². The van der Waals surface area contributed by atoms with Crippen LogP contribution in [0.25, 0.3) is 0 Å². The largest absolute Gasteiger partial charge is 0.382 e. The summed E-state index contributed by atoms with van der Waals surface area (Å²) in [6, 6.07) is 10.0. The number of anilines is 1. The molecule has 1 N–H and O–H groups in total. The van der Waals surface area contributed by atoms with Crippen molar-refractivity contribution in [1.29, 1.82) is 0 Å². The molecule has 1 rings (SSSR count). The number of halogens is 1. The van der Waals surface area contributed by atoms with E-state index in [0.29, 0.717) is 0 Å². The molecular weight excluding hydrogens is 170 g/mol. The fourth-order valence-corrected chi connectivity index (χ4v) is 0.943. The number of hydrogen-bond donors (Lipinski definition) is 1. The van der Waals surface area contributed by atoms with Crippen LogP contribution in [0.5, 0.6) is 0 Å². The van der Waals surface area contributed by atoms with E-state index >= 15 is 0 Å². The van der Waals surface area contributed by atoms with Crippen LogP contribution < -0.4 is 5.32 Å². The molecule has 1 aromatic rings. The first-order valence-electron chi connectivity index (χ1n) is 3.90. The molecule has 0 aliphatic heterocycles. The van der Waals surface area contributed by atoms with Gasteiger partial charge >= 0.3 is 0 Å². The van der Waals surface area contributed by atoms with Gasteiger partial charge in [-0.3, -0.25) is 0 Å². The van der Waals surface area contributed by atoms with Crippen molar-refractivity contribution in [3.8, 4) is 0 Å². The van der Waals surface area contributed by atoms with Gasteiger partial charge in [-0.05, 0) is 19.1 Å². The minimum atomic E-state index is 0.777. The first-order chi connectivity index (χ1) is 5.79. The Hall–Kier alpha value is -0.950.